The van der Waals surface area contributed by atoms with Crippen molar-refractivity contribution in [2.24, 2.45) is 0 Å². The number of halogens is 3. The second-order valence-electron chi connectivity index (χ2n) is 3.49. The molecule has 0 saturated heterocycles. The van der Waals surface area contributed by atoms with Crippen molar-refractivity contribution in [3.63, 3.8) is 0 Å². The smallest absolute Gasteiger partial charge is 0.0603 e. The van der Waals surface area contributed by atoms with Gasteiger partial charge in [-0.3, -0.25) is 0 Å². The number of hydrogen-bond acceptors (Lipinski definition) is 1. The Morgan fingerprint density at radius 3 is 2.29 bits per heavy atom. The third kappa shape index (κ3) is 3.92. The topological polar surface area (TPSA) is 0 Å². The van der Waals surface area contributed by atoms with Crippen LogP contribution in [0.15, 0.2) is 51.8 Å². The summed E-state index contributed by atoms with van der Waals surface area (Å²) in [7, 11) is 0. The summed E-state index contributed by atoms with van der Waals surface area (Å²) in [5, 5.41) is 1.20. The van der Waals surface area contributed by atoms with Crippen LogP contribution in [0.3, 0.4) is 0 Å². The molecule has 2 rings (SSSR count). The minimum Gasteiger partial charge on any atom is -0.121 e. The van der Waals surface area contributed by atoms with Gasteiger partial charge in [-0.2, -0.15) is 0 Å². The number of benzene rings is 2. The average Bonchev–Trinajstić information content (AvgIpc) is 2.33. The van der Waals surface area contributed by atoms with E-state index in [0.717, 1.165) is 15.1 Å². The first-order valence-corrected chi connectivity index (χ1v) is 7.51. The van der Waals surface area contributed by atoms with Crippen molar-refractivity contribution in [1.82, 2.24) is 0 Å². The van der Waals surface area contributed by atoms with E-state index < -0.39 is 0 Å². The standard InChI is InChI=1S/C13H9BrCl2S/c14-10-3-1-9(2-4-10)8-17-11-5-6-12(15)13(16)7-11/h1-7H,8H2. The summed E-state index contributed by atoms with van der Waals surface area (Å²) >= 11 is 17.0. The molecular formula is C13H9BrCl2S. The second kappa shape index (κ2) is 6.14. The van der Waals surface area contributed by atoms with Crippen LogP contribution in [0.4, 0.5) is 0 Å². The molecule has 0 aromatic heterocycles. The van der Waals surface area contributed by atoms with Gasteiger partial charge in [0, 0.05) is 15.1 Å². The van der Waals surface area contributed by atoms with Crippen LogP contribution in [0.25, 0.3) is 0 Å². The number of thioether (sulfide) groups is 1. The first-order valence-electron chi connectivity index (χ1n) is 4.97. The van der Waals surface area contributed by atoms with Gasteiger partial charge in [0.25, 0.3) is 0 Å². The van der Waals surface area contributed by atoms with E-state index in [9.17, 15) is 0 Å². The summed E-state index contributed by atoms with van der Waals surface area (Å²) in [5.41, 5.74) is 1.28. The van der Waals surface area contributed by atoms with E-state index in [1.165, 1.54) is 5.56 Å². The molecule has 0 spiro atoms. The normalized spacial score (nSPS) is 10.5. The lowest BCUT2D eigenvalue weighted by Crippen LogP contribution is -1.80. The van der Waals surface area contributed by atoms with Crippen LogP contribution in [-0.4, -0.2) is 0 Å². The molecule has 0 aliphatic heterocycles. The summed E-state index contributed by atoms with van der Waals surface area (Å²) in [4.78, 5) is 1.13. The zero-order valence-electron chi connectivity index (χ0n) is 8.79. The highest BCUT2D eigenvalue weighted by molar-refractivity contribution is 9.10. The third-order valence-corrected chi connectivity index (χ3v) is 4.54. The molecule has 0 bridgehead atoms. The van der Waals surface area contributed by atoms with Gasteiger partial charge in [0.2, 0.25) is 0 Å². The van der Waals surface area contributed by atoms with Gasteiger partial charge in [-0.15, -0.1) is 11.8 Å². The van der Waals surface area contributed by atoms with Crippen molar-refractivity contribution in [1.29, 1.82) is 0 Å². The molecule has 0 unspecified atom stereocenters. The lowest BCUT2D eigenvalue weighted by molar-refractivity contribution is 1.37. The number of hydrogen-bond donors (Lipinski definition) is 0. The van der Waals surface area contributed by atoms with Crippen molar-refractivity contribution in [3.05, 3.63) is 62.5 Å². The molecule has 88 valence electrons. The molecule has 2 aromatic rings. The molecule has 0 aliphatic rings. The van der Waals surface area contributed by atoms with E-state index >= 15 is 0 Å². The summed E-state index contributed by atoms with van der Waals surface area (Å²) in [5.74, 6) is 0.922. The van der Waals surface area contributed by atoms with Crippen molar-refractivity contribution < 1.29 is 0 Å². The first kappa shape index (κ1) is 13.3. The van der Waals surface area contributed by atoms with Crippen LogP contribution >= 0.6 is 50.9 Å². The van der Waals surface area contributed by atoms with Crippen LogP contribution in [0, 0.1) is 0 Å². The SMILES string of the molecule is Clc1ccc(SCc2ccc(Br)cc2)cc1Cl. The van der Waals surface area contributed by atoms with Gasteiger partial charge in [-0.05, 0) is 35.9 Å². The third-order valence-electron chi connectivity index (χ3n) is 2.21. The molecule has 0 heterocycles. The largest absolute Gasteiger partial charge is 0.121 e. The highest BCUT2D eigenvalue weighted by Crippen LogP contribution is 2.29. The summed E-state index contributed by atoms with van der Waals surface area (Å²) in [6, 6.07) is 14.0. The number of rotatable bonds is 3. The second-order valence-corrected chi connectivity index (χ2v) is 6.27. The van der Waals surface area contributed by atoms with Gasteiger partial charge in [-0.1, -0.05) is 51.3 Å². The Kier molecular flexibility index (Phi) is 4.80. The molecule has 0 N–H and O–H groups in total. The minimum absolute atomic E-state index is 0.597. The van der Waals surface area contributed by atoms with Gasteiger partial charge in [0.15, 0.2) is 0 Å². The molecular weight excluding hydrogens is 339 g/mol. The van der Waals surface area contributed by atoms with Crippen molar-refractivity contribution in [3.8, 4) is 0 Å². The maximum atomic E-state index is 5.96. The predicted octanol–water partition coefficient (Wildman–Crippen LogP) is 6.05. The van der Waals surface area contributed by atoms with E-state index in [-0.39, 0.29) is 0 Å². The summed E-state index contributed by atoms with van der Waals surface area (Å²) < 4.78 is 1.10. The minimum atomic E-state index is 0.597. The quantitative estimate of drug-likeness (QED) is 0.609. The van der Waals surface area contributed by atoms with Crippen LogP contribution in [0.1, 0.15) is 5.56 Å². The van der Waals surface area contributed by atoms with Gasteiger partial charge in [-0.25, -0.2) is 0 Å². The van der Waals surface area contributed by atoms with Crippen LogP contribution in [0.2, 0.25) is 10.0 Å². The van der Waals surface area contributed by atoms with Gasteiger partial charge >= 0.3 is 0 Å². The molecule has 0 aliphatic carbocycles. The Labute approximate surface area is 123 Å². The molecule has 0 atom stereocenters. The summed E-state index contributed by atoms with van der Waals surface area (Å²) in [6.07, 6.45) is 0. The Hall–Kier alpha value is -0.150. The fraction of sp³-hybridized carbons (Fsp3) is 0.0769. The van der Waals surface area contributed by atoms with Gasteiger partial charge < -0.3 is 0 Å². The lowest BCUT2D eigenvalue weighted by atomic mass is 10.2. The van der Waals surface area contributed by atoms with E-state index in [4.69, 9.17) is 23.2 Å². The van der Waals surface area contributed by atoms with E-state index in [1.54, 1.807) is 11.8 Å². The Bertz CT molecular complexity index is 511. The zero-order chi connectivity index (χ0) is 12.3. The monoisotopic (exact) mass is 346 g/mol. The zero-order valence-corrected chi connectivity index (χ0v) is 12.7. The Balaban J connectivity index is 2.02. The molecule has 0 fully saturated rings. The van der Waals surface area contributed by atoms with Crippen molar-refractivity contribution in [2.45, 2.75) is 10.6 Å². The molecule has 0 amide bonds. The fourth-order valence-corrected chi connectivity index (χ4v) is 2.83. The highest BCUT2D eigenvalue weighted by Gasteiger charge is 2.01. The van der Waals surface area contributed by atoms with Crippen molar-refractivity contribution in [2.75, 3.05) is 0 Å². The van der Waals surface area contributed by atoms with Crippen LogP contribution < -0.4 is 0 Å². The summed E-state index contributed by atoms with van der Waals surface area (Å²) in [6.45, 7) is 0. The molecule has 17 heavy (non-hydrogen) atoms. The molecule has 2 aromatic carbocycles. The lowest BCUT2D eigenvalue weighted by Gasteiger charge is -2.03. The molecule has 0 nitrogen and oxygen atoms in total. The molecule has 0 saturated carbocycles. The first-order chi connectivity index (χ1) is 8.15. The highest BCUT2D eigenvalue weighted by atomic mass is 79.9. The van der Waals surface area contributed by atoms with Crippen molar-refractivity contribution >= 4 is 50.9 Å². The maximum Gasteiger partial charge on any atom is 0.0603 e. The van der Waals surface area contributed by atoms with E-state index in [0.29, 0.717) is 10.0 Å². The van der Waals surface area contributed by atoms with Crippen LogP contribution in [-0.2, 0) is 5.75 Å². The Morgan fingerprint density at radius 2 is 1.65 bits per heavy atom. The van der Waals surface area contributed by atoms with E-state index in [2.05, 4.69) is 28.1 Å². The Morgan fingerprint density at radius 1 is 0.941 bits per heavy atom. The molecule has 0 radical (unpaired) electrons. The fourth-order valence-electron chi connectivity index (χ4n) is 1.31. The predicted molar refractivity (Wildman–Crippen MR) is 80.2 cm³/mol. The average molecular weight is 348 g/mol. The molecule has 4 heteroatoms. The van der Waals surface area contributed by atoms with Gasteiger partial charge in [0.1, 0.15) is 0 Å². The van der Waals surface area contributed by atoms with Gasteiger partial charge in [0.05, 0.1) is 10.0 Å². The van der Waals surface area contributed by atoms with Crippen LogP contribution in [0.5, 0.6) is 0 Å². The van der Waals surface area contributed by atoms with E-state index in [1.807, 2.05) is 30.3 Å². The maximum absolute atomic E-state index is 5.96.